The van der Waals surface area contributed by atoms with Gasteiger partial charge in [-0.15, -0.1) is 0 Å². The van der Waals surface area contributed by atoms with Crippen molar-refractivity contribution in [1.29, 1.82) is 0 Å². The van der Waals surface area contributed by atoms with E-state index in [0.29, 0.717) is 30.4 Å². The molecule has 6 nitrogen and oxygen atoms in total. The van der Waals surface area contributed by atoms with E-state index in [4.69, 9.17) is 21.1 Å². The van der Waals surface area contributed by atoms with Crippen molar-refractivity contribution in [3.63, 3.8) is 0 Å². The quantitative estimate of drug-likeness (QED) is 0.773. The second-order valence-electron chi connectivity index (χ2n) is 7.92. The zero-order valence-corrected chi connectivity index (χ0v) is 17.5. The van der Waals surface area contributed by atoms with Crippen molar-refractivity contribution in [2.75, 3.05) is 27.2 Å². The number of ether oxygens (including phenoxy) is 2. The first-order valence-corrected chi connectivity index (χ1v) is 9.54. The van der Waals surface area contributed by atoms with Gasteiger partial charge in [0, 0.05) is 37.3 Å². The van der Waals surface area contributed by atoms with E-state index < -0.39 is 5.60 Å². The fourth-order valence-electron chi connectivity index (χ4n) is 3.19. The molecule has 1 fully saturated rings. The predicted molar refractivity (Wildman–Crippen MR) is 105 cm³/mol. The fourth-order valence-corrected chi connectivity index (χ4v) is 3.38. The Hall–Kier alpha value is -1.95. The lowest BCUT2D eigenvalue weighted by Crippen LogP contribution is -2.47. The van der Waals surface area contributed by atoms with Crippen LogP contribution < -0.4 is 4.74 Å². The largest absolute Gasteiger partial charge is 0.496 e. The molecule has 0 N–H and O–H groups in total. The standard InChI is InChI=1S/C20H29ClN2O4/c1-20(2,3)27-19(25)23-10-6-7-14(13-23)18(24)22(4)12-15-11-16(21)8-9-17(15)26-5/h8-9,11,14H,6-7,10,12-13H2,1-5H3. The van der Waals surface area contributed by atoms with E-state index in [1.165, 1.54) is 0 Å². The Balaban J connectivity index is 2.02. The molecule has 0 spiro atoms. The van der Waals surface area contributed by atoms with E-state index in [2.05, 4.69) is 0 Å². The normalized spacial score (nSPS) is 17.4. The van der Waals surface area contributed by atoms with Gasteiger partial charge in [-0.05, 0) is 51.8 Å². The van der Waals surface area contributed by atoms with Gasteiger partial charge in [0.1, 0.15) is 11.4 Å². The maximum absolute atomic E-state index is 12.9. The minimum Gasteiger partial charge on any atom is -0.496 e. The third kappa shape index (κ3) is 6.03. The molecule has 7 heteroatoms. The molecule has 0 radical (unpaired) electrons. The zero-order valence-electron chi connectivity index (χ0n) is 16.8. The van der Waals surface area contributed by atoms with Crippen molar-refractivity contribution < 1.29 is 19.1 Å². The minimum atomic E-state index is -0.548. The summed E-state index contributed by atoms with van der Waals surface area (Å²) in [5, 5.41) is 0.598. The number of amides is 2. The van der Waals surface area contributed by atoms with Crippen molar-refractivity contribution in [2.45, 2.75) is 45.8 Å². The van der Waals surface area contributed by atoms with Gasteiger partial charge < -0.3 is 19.3 Å². The second-order valence-corrected chi connectivity index (χ2v) is 8.35. The highest BCUT2D eigenvalue weighted by Crippen LogP contribution is 2.26. The summed E-state index contributed by atoms with van der Waals surface area (Å²) >= 11 is 6.08. The molecule has 0 bridgehead atoms. The Morgan fingerprint density at radius 2 is 2.04 bits per heavy atom. The average Bonchev–Trinajstić information content (AvgIpc) is 2.60. The van der Waals surface area contributed by atoms with Gasteiger partial charge >= 0.3 is 6.09 Å². The third-order valence-electron chi connectivity index (χ3n) is 4.45. The van der Waals surface area contributed by atoms with Crippen LogP contribution in [0.1, 0.15) is 39.2 Å². The Bertz CT molecular complexity index is 687. The van der Waals surface area contributed by atoms with Gasteiger partial charge in [0.25, 0.3) is 0 Å². The Morgan fingerprint density at radius 1 is 1.33 bits per heavy atom. The zero-order chi connectivity index (χ0) is 20.2. The number of carbonyl (C=O) groups is 2. The molecule has 2 rings (SSSR count). The predicted octanol–water partition coefficient (Wildman–Crippen LogP) is 3.95. The van der Waals surface area contributed by atoms with Gasteiger partial charge in [0.2, 0.25) is 5.91 Å². The molecule has 1 heterocycles. The lowest BCUT2D eigenvalue weighted by Gasteiger charge is -2.35. The highest BCUT2D eigenvalue weighted by atomic mass is 35.5. The number of benzene rings is 1. The molecule has 150 valence electrons. The summed E-state index contributed by atoms with van der Waals surface area (Å²) in [4.78, 5) is 28.5. The van der Waals surface area contributed by atoms with Crippen LogP contribution in [0.2, 0.25) is 5.02 Å². The summed E-state index contributed by atoms with van der Waals surface area (Å²) in [6.07, 6.45) is 1.18. The molecular weight excluding hydrogens is 368 g/mol. The van der Waals surface area contributed by atoms with E-state index in [0.717, 1.165) is 18.4 Å². The van der Waals surface area contributed by atoms with E-state index >= 15 is 0 Å². The van der Waals surface area contributed by atoms with Crippen LogP contribution in [0.5, 0.6) is 5.75 Å². The number of carbonyl (C=O) groups excluding carboxylic acids is 2. The van der Waals surface area contributed by atoms with Crippen molar-refractivity contribution in [2.24, 2.45) is 5.92 Å². The van der Waals surface area contributed by atoms with Crippen LogP contribution in [-0.2, 0) is 16.1 Å². The van der Waals surface area contributed by atoms with Crippen molar-refractivity contribution in [3.8, 4) is 5.75 Å². The van der Waals surface area contributed by atoms with Gasteiger partial charge in [-0.2, -0.15) is 0 Å². The highest BCUT2D eigenvalue weighted by Gasteiger charge is 2.32. The van der Waals surface area contributed by atoms with E-state index in [9.17, 15) is 9.59 Å². The summed E-state index contributed by atoms with van der Waals surface area (Å²) < 4.78 is 10.8. The summed E-state index contributed by atoms with van der Waals surface area (Å²) in [6, 6.07) is 5.35. The maximum atomic E-state index is 12.9. The highest BCUT2D eigenvalue weighted by molar-refractivity contribution is 6.30. The summed E-state index contributed by atoms with van der Waals surface area (Å²) in [6.45, 7) is 6.90. The molecular formula is C20H29ClN2O4. The second kappa shape index (κ2) is 8.83. The number of rotatable bonds is 4. The molecule has 1 saturated heterocycles. The first-order valence-electron chi connectivity index (χ1n) is 9.16. The molecule has 1 aliphatic rings. The Kier molecular flexibility index (Phi) is 6.98. The van der Waals surface area contributed by atoms with Gasteiger partial charge in [-0.1, -0.05) is 11.6 Å². The monoisotopic (exact) mass is 396 g/mol. The maximum Gasteiger partial charge on any atom is 0.410 e. The topological polar surface area (TPSA) is 59.1 Å². The smallest absolute Gasteiger partial charge is 0.410 e. The minimum absolute atomic E-state index is 0.00490. The van der Waals surface area contributed by atoms with E-state index in [1.807, 2.05) is 20.8 Å². The van der Waals surface area contributed by atoms with Crippen molar-refractivity contribution in [1.82, 2.24) is 9.80 Å². The number of halogens is 1. The molecule has 1 unspecified atom stereocenters. The van der Waals surface area contributed by atoms with E-state index in [-0.39, 0.29) is 17.9 Å². The fraction of sp³-hybridized carbons (Fsp3) is 0.600. The average molecular weight is 397 g/mol. The van der Waals surface area contributed by atoms with Crippen LogP contribution >= 0.6 is 11.6 Å². The summed E-state index contributed by atoms with van der Waals surface area (Å²) in [5.41, 5.74) is 0.300. The lowest BCUT2D eigenvalue weighted by atomic mass is 9.96. The number of methoxy groups -OCH3 is 1. The van der Waals surface area contributed by atoms with Crippen LogP contribution in [0.3, 0.4) is 0 Å². The van der Waals surface area contributed by atoms with Gasteiger partial charge in [-0.3, -0.25) is 4.79 Å². The number of piperidine rings is 1. The number of hydrogen-bond acceptors (Lipinski definition) is 4. The third-order valence-corrected chi connectivity index (χ3v) is 4.68. The number of hydrogen-bond donors (Lipinski definition) is 0. The molecule has 2 amide bonds. The van der Waals surface area contributed by atoms with Crippen LogP contribution in [0.25, 0.3) is 0 Å². The van der Waals surface area contributed by atoms with Crippen molar-refractivity contribution >= 4 is 23.6 Å². The van der Waals surface area contributed by atoms with E-state index in [1.54, 1.807) is 42.2 Å². The summed E-state index contributed by atoms with van der Waals surface area (Å²) in [5.74, 6) is 0.463. The van der Waals surface area contributed by atoms with Gasteiger partial charge in [0.05, 0.1) is 13.0 Å². The molecule has 0 aromatic heterocycles. The molecule has 1 aromatic rings. The SMILES string of the molecule is COc1ccc(Cl)cc1CN(C)C(=O)C1CCCN(C(=O)OC(C)(C)C)C1. The summed E-state index contributed by atoms with van der Waals surface area (Å²) in [7, 11) is 3.35. The van der Waals surface area contributed by atoms with Gasteiger partial charge in [0.15, 0.2) is 0 Å². The van der Waals surface area contributed by atoms with Crippen LogP contribution in [-0.4, -0.2) is 54.6 Å². The molecule has 0 aliphatic carbocycles. The van der Waals surface area contributed by atoms with Crippen molar-refractivity contribution in [3.05, 3.63) is 28.8 Å². The first-order chi connectivity index (χ1) is 12.6. The number of nitrogens with zero attached hydrogens (tertiary/aromatic N) is 2. The first kappa shape index (κ1) is 21.4. The van der Waals surface area contributed by atoms with Crippen LogP contribution in [0, 0.1) is 5.92 Å². The molecule has 1 atom stereocenters. The Labute approximate surface area is 166 Å². The van der Waals surface area contributed by atoms with Gasteiger partial charge in [-0.25, -0.2) is 4.79 Å². The lowest BCUT2D eigenvalue weighted by molar-refractivity contribution is -0.136. The molecule has 27 heavy (non-hydrogen) atoms. The molecule has 1 aliphatic heterocycles. The number of likely N-dealkylation sites (tertiary alicyclic amines) is 1. The van der Waals surface area contributed by atoms with Crippen LogP contribution in [0.4, 0.5) is 4.79 Å². The molecule has 1 aromatic carbocycles. The van der Waals surface area contributed by atoms with Crippen LogP contribution in [0.15, 0.2) is 18.2 Å². The Morgan fingerprint density at radius 3 is 2.67 bits per heavy atom. The molecule has 0 saturated carbocycles.